The van der Waals surface area contributed by atoms with E-state index in [0.717, 1.165) is 5.56 Å². The number of carbonyl (C=O) groups excluding carboxylic acids is 2. The minimum absolute atomic E-state index is 0.0671. The molecule has 2 aromatic carbocycles. The molecule has 152 valence electrons. The van der Waals surface area contributed by atoms with Crippen LogP contribution in [-0.2, 0) is 27.4 Å². The Balaban J connectivity index is 1.69. The summed E-state index contributed by atoms with van der Waals surface area (Å²) in [6.07, 6.45) is -0.588. The molecule has 1 aliphatic heterocycles. The van der Waals surface area contributed by atoms with Gasteiger partial charge in [-0.1, -0.05) is 30.3 Å². The molecular weight excluding hydrogens is 376 g/mol. The van der Waals surface area contributed by atoms with E-state index in [2.05, 4.69) is 5.32 Å². The molecule has 0 spiro atoms. The second-order valence-corrected chi connectivity index (χ2v) is 6.69. The second kappa shape index (κ2) is 8.64. The van der Waals surface area contributed by atoms with Crippen molar-refractivity contribution in [3.05, 3.63) is 59.7 Å². The maximum absolute atomic E-state index is 12.9. The average Bonchev–Trinajstić information content (AvgIpc) is 3.11. The summed E-state index contributed by atoms with van der Waals surface area (Å²) in [6, 6.07) is 12.2. The van der Waals surface area contributed by atoms with E-state index in [9.17, 15) is 19.5 Å². The van der Waals surface area contributed by atoms with E-state index in [1.54, 1.807) is 18.2 Å². The van der Waals surface area contributed by atoms with E-state index in [1.165, 1.54) is 18.9 Å². The normalized spacial score (nSPS) is 15.9. The zero-order valence-corrected chi connectivity index (χ0v) is 16.1. The lowest BCUT2D eigenvalue weighted by molar-refractivity contribution is -0.140. The highest BCUT2D eigenvalue weighted by Crippen LogP contribution is 2.35. The Kier molecular flexibility index (Phi) is 6.01. The molecule has 3 rings (SSSR count). The van der Waals surface area contributed by atoms with Crippen molar-refractivity contribution in [3.63, 3.8) is 0 Å². The number of rotatable bonds is 6. The van der Waals surface area contributed by atoms with Crippen LogP contribution in [0.1, 0.15) is 18.1 Å². The summed E-state index contributed by atoms with van der Waals surface area (Å²) in [7, 11) is 1.52. The van der Waals surface area contributed by atoms with Gasteiger partial charge in [-0.2, -0.15) is 0 Å². The van der Waals surface area contributed by atoms with Crippen LogP contribution in [0.15, 0.2) is 48.5 Å². The fourth-order valence-corrected chi connectivity index (χ4v) is 3.24. The molecule has 0 saturated carbocycles. The number of anilines is 1. The van der Waals surface area contributed by atoms with Crippen LogP contribution >= 0.6 is 0 Å². The first-order valence-corrected chi connectivity index (χ1v) is 9.10. The molecule has 0 bridgehead atoms. The van der Waals surface area contributed by atoms with Crippen molar-refractivity contribution < 1.29 is 29.0 Å². The molecule has 0 unspecified atom stereocenters. The quantitative estimate of drug-likeness (QED) is 0.774. The van der Waals surface area contributed by atoms with E-state index >= 15 is 0 Å². The lowest BCUT2D eigenvalue weighted by atomic mass is 10.1. The van der Waals surface area contributed by atoms with Crippen LogP contribution in [-0.4, -0.2) is 42.3 Å². The summed E-state index contributed by atoms with van der Waals surface area (Å²) >= 11 is 0. The van der Waals surface area contributed by atoms with Gasteiger partial charge in [0.15, 0.2) is 0 Å². The summed E-state index contributed by atoms with van der Waals surface area (Å²) in [6.45, 7) is 1.56. The largest absolute Gasteiger partial charge is 0.497 e. The highest BCUT2D eigenvalue weighted by Gasteiger charge is 2.40. The van der Waals surface area contributed by atoms with Crippen LogP contribution in [0.5, 0.6) is 5.75 Å². The maximum atomic E-state index is 12.9. The van der Waals surface area contributed by atoms with Gasteiger partial charge in [-0.05, 0) is 36.2 Å². The van der Waals surface area contributed by atoms with E-state index in [4.69, 9.17) is 9.47 Å². The standard InChI is InChI=1S/C21H22N2O6/c1-13(22-21(27)29-12-14-6-4-3-5-7-14)19(24)23-17-9-8-16(28-2)10-15(17)11-18(23)20(25)26/h3-10,13,18H,11-12H2,1-2H3,(H,22,27)(H,25,26)/t13-,18+/m0/s1. The SMILES string of the molecule is COc1ccc2c(c1)C[C@H](C(=O)O)N2C(=O)[C@H](C)NC(=O)OCc1ccccc1. The summed E-state index contributed by atoms with van der Waals surface area (Å²) < 4.78 is 10.3. The van der Waals surface area contributed by atoms with Crippen molar-refractivity contribution >= 4 is 23.7 Å². The number of alkyl carbamates (subject to hydrolysis) is 1. The predicted molar refractivity (Wildman–Crippen MR) is 105 cm³/mol. The number of benzene rings is 2. The number of carboxylic acid groups (broad SMARTS) is 1. The monoisotopic (exact) mass is 398 g/mol. The topological polar surface area (TPSA) is 105 Å². The molecule has 2 amide bonds. The van der Waals surface area contributed by atoms with Crippen LogP contribution in [0, 0.1) is 0 Å². The van der Waals surface area contributed by atoms with Crippen molar-refractivity contribution in [1.82, 2.24) is 5.32 Å². The highest BCUT2D eigenvalue weighted by atomic mass is 16.5. The zero-order valence-electron chi connectivity index (χ0n) is 16.1. The van der Waals surface area contributed by atoms with Gasteiger partial charge in [0.05, 0.1) is 7.11 Å². The Morgan fingerprint density at radius 3 is 2.59 bits per heavy atom. The lowest BCUT2D eigenvalue weighted by Gasteiger charge is -2.26. The van der Waals surface area contributed by atoms with Crippen molar-refractivity contribution in [2.24, 2.45) is 0 Å². The first kappa shape index (κ1) is 20.2. The fourth-order valence-electron chi connectivity index (χ4n) is 3.24. The van der Waals surface area contributed by atoms with Gasteiger partial charge in [0, 0.05) is 12.1 Å². The lowest BCUT2D eigenvalue weighted by Crippen LogP contribution is -2.51. The maximum Gasteiger partial charge on any atom is 0.408 e. The number of carboxylic acids is 1. The Bertz CT molecular complexity index is 915. The number of hydrogen-bond acceptors (Lipinski definition) is 5. The van der Waals surface area contributed by atoms with Crippen LogP contribution in [0.25, 0.3) is 0 Å². The van der Waals surface area contributed by atoms with Crippen molar-refractivity contribution in [1.29, 1.82) is 0 Å². The Morgan fingerprint density at radius 2 is 1.93 bits per heavy atom. The van der Waals surface area contributed by atoms with Gasteiger partial charge < -0.3 is 19.9 Å². The smallest absolute Gasteiger partial charge is 0.408 e. The molecule has 0 aliphatic carbocycles. The number of nitrogens with one attached hydrogen (secondary N) is 1. The summed E-state index contributed by atoms with van der Waals surface area (Å²) in [4.78, 5) is 37.9. The molecular formula is C21H22N2O6. The number of ether oxygens (including phenoxy) is 2. The van der Waals surface area contributed by atoms with Gasteiger partial charge in [-0.3, -0.25) is 9.69 Å². The van der Waals surface area contributed by atoms with Gasteiger partial charge in [0.2, 0.25) is 5.91 Å². The van der Waals surface area contributed by atoms with Gasteiger partial charge in [0.25, 0.3) is 0 Å². The van der Waals surface area contributed by atoms with Gasteiger partial charge in [0.1, 0.15) is 24.4 Å². The number of hydrogen-bond donors (Lipinski definition) is 2. The fraction of sp³-hybridized carbons (Fsp3) is 0.286. The number of fused-ring (bicyclic) bond motifs is 1. The van der Waals surface area contributed by atoms with Crippen LogP contribution in [0.2, 0.25) is 0 Å². The molecule has 2 N–H and O–H groups in total. The van der Waals surface area contributed by atoms with Crippen LogP contribution in [0.3, 0.4) is 0 Å². The Labute approximate surface area is 168 Å². The molecule has 29 heavy (non-hydrogen) atoms. The number of amides is 2. The third-order valence-electron chi connectivity index (χ3n) is 4.71. The van der Waals surface area contributed by atoms with E-state index < -0.39 is 30.1 Å². The van der Waals surface area contributed by atoms with Crippen molar-refractivity contribution in [2.45, 2.75) is 32.0 Å². The summed E-state index contributed by atoms with van der Waals surface area (Å²) in [5.41, 5.74) is 2.01. The van der Waals surface area contributed by atoms with Crippen LogP contribution in [0.4, 0.5) is 10.5 Å². The Hall–Kier alpha value is -3.55. The first-order valence-electron chi connectivity index (χ1n) is 9.10. The molecule has 0 saturated heterocycles. The highest BCUT2D eigenvalue weighted by molar-refractivity contribution is 6.05. The Morgan fingerprint density at radius 1 is 1.21 bits per heavy atom. The first-order chi connectivity index (χ1) is 13.9. The van der Waals surface area contributed by atoms with Crippen molar-refractivity contribution in [3.8, 4) is 5.75 Å². The zero-order chi connectivity index (χ0) is 21.0. The number of methoxy groups -OCH3 is 1. The molecule has 8 heteroatoms. The molecule has 0 aromatic heterocycles. The number of nitrogens with zero attached hydrogens (tertiary/aromatic N) is 1. The third-order valence-corrected chi connectivity index (χ3v) is 4.71. The summed E-state index contributed by atoms with van der Waals surface area (Å²) in [5.74, 6) is -1.07. The van der Waals surface area contributed by atoms with Crippen molar-refractivity contribution in [2.75, 3.05) is 12.0 Å². The molecule has 0 fully saturated rings. The third kappa shape index (κ3) is 4.48. The number of aliphatic carboxylic acids is 1. The summed E-state index contributed by atoms with van der Waals surface area (Å²) in [5, 5.41) is 12.0. The van der Waals surface area contributed by atoms with Crippen LogP contribution < -0.4 is 15.0 Å². The van der Waals surface area contributed by atoms with Gasteiger partial charge >= 0.3 is 12.1 Å². The molecule has 2 aromatic rings. The van der Waals surface area contributed by atoms with Gasteiger partial charge in [-0.15, -0.1) is 0 Å². The minimum atomic E-state index is -1.12. The second-order valence-electron chi connectivity index (χ2n) is 6.69. The number of carbonyl (C=O) groups is 3. The van der Waals surface area contributed by atoms with Gasteiger partial charge in [-0.25, -0.2) is 9.59 Å². The predicted octanol–water partition coefficient (Wildman–Crippen LogP) is 2.35. The molecule has 8 nitrogen and oxygen atoms in total. The molecule has 1 heterocycles. The van der Waals surface area contributed by atoms with E-state index in [0.29, 0.717) is 17.0 Å². The minimum Gasteiger partial charge on any atom is -0.497 e. The molecule has 2 atom stereocenters. The average molecular weight is 398 g/mol. The van der Waals surface area contributed by atoms with E-state index in [1.807, 2.05) is 30.3 Å². The van der Waals surface area contributed by atoms with E-state index in [-0.39, 0.29) is 13.0 Å². The molecule has 0 radical (unpaired) electrons. The molecule has 1 aliphatic rings.